The lowest BCUT2D eigenvalue weighted by molar-refractivity contribution is -0.121. The number of ether oxygens (including phenoxy) is 1. The summed E-state index contributed by atoms with van der Waals surface area (Å²) in [5.41, 5.74) is 9.68. The van der Waals surface area contributed by atoms with E-state index in [9.17, 15) is 14.6 Å². The van der Waals surface area contributed by atoms with Gasteiger partial charge in [-0.05, 0) is 42.1 Å². The number of fused-ring (bicyclic) bond motifs is 3. The molecule has 0 bridgehead atoms. The second kappa shape index (κ2) is 8.00. The zero-order chi connectivity index (χ0) is 22.3. The van der Waals surface area contributed by atoms with Crippen molar-refractivity contribution >= 4 is 35.9 Å². The highest BCUT2D eigenvalue weighted by atomic mass is 16.5. The molecular formula is C23H24BN3O5. The number of aromatic amines is 1. The molecule has 2 aliphatic rings. The highest BCUT2D eigenvalue weighted by Crippen LogP contribution is 2.46. The van der Waals surface area contributed by atoms with Crippen LogP contribution in [0.3, 0.4) is 0 Å². The predicted octanol–water partition coefficient (Wildman–Crippen LogP) is 1.05. The standard InChI is InChI=1S/C23H24BN3O5/c25-12-15-1-4-21-18(9-15)23(13-31-21)5-7-27(8-6-23)22(29)20-10-16-2-3-17(11-19(16)26-20)24(30)32-14-28/h1-4,9-11,14,26,30H,5-8,12-13,25H2. The van der Waals surface area contributed by atoms with Crippen molar-refractivity contribution < 1.29 is 24.0 Å². The summed E-state index contributed by atoms with van der Waals surface area (Å²) in [6, 6.07) is 13.1. The zero-order valence-corrected chi connectivity index (χ0v) is 17.5. The van der Waals surface area contributed by atoms with Gasteiger partial charge in [0.15, 0.2) is 0 Å². The van der Waals surface area contributed by atoms with Gasteiger partial charge in [0.1, 0.15) is 11.4 Å². The Balaban J connectivity index is 1.32. The van der Waals surface area contributed by atoms with Crippen molar-refractivity contribution in [1.29, 1.82) is 0 Å². The number of amides is 1. The third kappa shape index (κ3) is 3.43. The molecule has 1 fully saturated rings. The lowest BCUT2D eigenvalue weighted by atomic mass is 9.74. The molecule has 1 amide bonds. The predicted molar refractivity (Wildman–Crippen MR) is 120 cm³/mol. The minimum atomic E-state index is -1.34. The second-order valence-electron chi connectivity index (χ2n) is 8.51. The first-order valence-electron chi connectivity index (χ1n) is 10.7. The summed E-state index contributed by atoms with van der Waals surface area (Å²) in [6.07, 6.45) is 1.67. The van der Waals surface area contributed by atoms with Gasteiger partial charge in [0, 0.05) is 41.5 Å². The number of carbonyl (C=O) groups is 2. The zero-order valence-electron chi connectivity index (χ0n) is 17.5. The fourth-order valence-electron chi connectivity index (χ4n) is 4.80. The van der Waals surface area contributed by atoms with Crippen LogP contribution in [-0.2, 0) is 21.4 Å². The molecule has 1 saturated heterocycles. The molecule has 5 rings (SSSR count). The van der Waals surface area contributed by atoms with Crippen LogP contribution in [0.25, 0.3) is 10.9 Å². The quantitative estimate of drug-likeness (QED) is 0.409. The van der Waals surface area contributed by atoms with Crippen molar-refractivity contribution in [2.45, 2.75) is 24.8 Å². The van der Waals surface area contributed by atoms with Crippen LogP contribution in [0.4, 0.5) is 0 Å². The van der Waals surface area contributed by atoms with Crippen LogP contribution in [0.2, 0.25) is 0 Å². The van der Waals surface area contributed by atoms with Crippen LogP contribution in [0.1, 0.15) is 34.5 Å². The molecular weight excluding hydrogens is 409 g/mol. The van der Waals surface area contributed by atoms with Crippen LogP contribution in [-0.4, -0.2) is 54.1 Å². The Hall–Kier alpha value is -3.30. The number of nitrogens with one attached hydrogen (secondary N) is 1. The van der Waals surface area contributed by atoms with E-state index in [2.05, 4.69) is 15.7 Å². The van der Waals surface area contributed by atoms with Gasteiger partial charge >= 0.3 is 7.12 Å². The molecule has 4 N–H and O–H groups in total. The SMILES string of the molecule is NCc1ccc2c(c1)C1(CCN(C(=O)c3cc4ccc(B(O)OC=O)cc4[nH]3)CC1)CO2. The average Bonchev–Trinajstić information content (AvgIpc) is 3.40. The fraction of sp³-hybridized carbons (Fsp3) is 0.304. The van der Waals surface area contributed by atoms with Gasteiger partial charge in [0.2, 0.25) is 0 Å². The van der Waals surface area contributed by atoms with Gasteiger partial charge in [0.05, 0.1) is 6.61 Å². The Labute approximate surface area is 185 Å². The summed E-state index contributed by atoms with van der Waals surface area (Å²) in [5, 5.41) is 10.7. The van der Waals surface area contributed by atoms with Crippen molar-refractivity contribution in [1.82, 2.24) is 9.88 Å². The van der Waals surface area contributed by atoms with Crippen molar-refractivity contribution in [3.05, 3.63) is 59.3 Å². The van der Waals surface area contributed by atoms with Gasteiger partial charge in [-0.15, -0.1) is 0 Å². The lowest BCUT2D eigenvalue weighted by Crippen LogP contribution is -2.46. The van der Waals surface area contributed by atoms with E-state index >= 15 is 0 Å². The van der Waals surface area contributed by atoms with Crippen molar-refractivity contribution in [2.75, 3.05) is 19.7 Å². The third-order valence-electron chi connectivity index (χ3n) is 6.71. The molecule has 9 heteroatoms. The van der Waals surface area contributed by atoms with Crippen LogP contribution < -0.4 is 15.9 Å². The fourth-order valence-corrected chi connectivity index (χ4v) is 4.80. The summed E-state index contributed by atoms with van der Waals surface area (Å²) < 4.78 is 10.5. The molecule has 164 valence electrons. The summed E-state index contributed by atoms with van der Waals surface area (Å²) in [5.74, 6) is 0.867. The molecule has 1 spiro atoms. The summed E-state index contributed by atoms with van der Waals surface area (Å²) >= 11 is 0. The van der Waals surface area contributed by atoms with Crippen molar-refractivity contribution in [2.24, 2.45) is 5.73 Å². The van der Waals surface area contributed by atoms with Gasteiger partial charge in [-0.25, -0.2) is 0 Å². The van der Waals surface area contributed by atoms with Gasteiger partial charge in [0.25, 0.3) is 12.4 Å². The van der Waals surface area contributed by atoms with Crippen molar-refractivity contribution in [3.8, 4) is 5.75 Å². The molecule has 1 aromatic heterocycles. The van der Waals surface area contributed by atoms with Gasteiger partial charge < -0.3 is 30.0 Å². The van der Waals surface area contributed by atoms with Crippen LogP contribution in [0.5, 0.6) is 5.75 Å². The smallest absolute Gasteiger partial charge is 0.508 e. The summed E-state index contributed by atoms with van der Waals surface area (Å²) in [7, 11) is -1.34. The van der Waals surface area contributed by atoms with Crippen LogP contribution in [0, 0.1) is 0 Å². The van der Waals surface area contributed by atoms with E-state index < -0.39 is 7.12 Å². The topological polar surface area (TPSA) is 118 Å². The van der Waals surface area contributed by atoms with Crippen LogP contribution in [0.15, 0.2) is 42.5 Å². The number of carbonyl (C=O) groups excluding carboxylic acids is 2. The first-order chi connectivity index (χ1) is 15.5. The number of nitrogens with two attached hydrogens (primary N) is 1. The molecule has 0 aliphatic carbocycles. The minimum absolute atomic E-state index is 0.0582. The second-order valence-corrected chi connectivity index (χ2v) is 8.51. The maximum absolute atomic E-state index is 13.2. The average molecular weight is 433 g/mol. The Kier molecular flexibility index (Phi) is 5.15. The molecule has 2 aromatic carbocycles. The number of rotatable bonds is 5. The molecule has 0 unspecified atom stereocenters. The molecule has 2 aliphatic heterocycles. The number of hydrogen-bond donors (Lipinski definition) is 3. The minimum Gasteiger partial charge on any atom is -0.508 e. The van der Waals surface area contributed by atoms with Gasteiger partial charge in [-0.1, -0.05) is 24.3 Å². The molecule has 32 heavy (non-hydrogen) atoms. The highest BCUT2D eigenvalue weighted by molar-refractivity contribution is 6.61. The highest BCUT2D eigenvalue weighted by Gasteiger charge is 2.44. The Bertz CT molecular complexity index is 1190. The van der Waals surface area contributed by atoms with E-state index in [4.69, 9.17) is 10.5 Å². The normalized spacial score (nSPS) is 16.6. The maximum atomic E-state index is 13.2. The van der Waals surface area contributed by atoms with E-state index in [1.54, 1.807) is 24.3 Å². The first kappa shape index (κ1) is 20.6. The molecule has 3 aromatic rings. The van der Waals surface area contributed by atoms with Gasteiger partial charge in [-0.3, -0.25) is 9.59 Å². The van der Waals surface area contributed by atoms with E-state index in [0.29, 0.717) is 42.9 Å². The third-order valence-corrected chi connectivity index (χ3v) is 6.71. The molecule has 0 saturated carbocycles. The monoisotopic (exact) mass is 433 g/mol. The number of benzene rings is 2. The number of piperidine rings is 1. The van der Waals surface area contributed by atoms with E-state index in [-0.39, 0.29) is 17.8 Å². The number of nitrogens with zero attached hydrogens (tertiary/aromatic N) is 1. The number of aromatic nitrogens is 1. The molecule has 0 atom stereocenters. The number of H-pyrrole nitrogens is 1. The Morgan fingerprint density at radius 3 is 2.81 bits per heavy atom. The van der Waals surface area contributed by atoms with E-state index in [0.717, 1.165) is 29.5 Å². The molecule has 0 radical (unpaired) electrons. The maximum Gasteiger partial charge on any atom is 0.561 e. The molecule has 8 nitrogen and oxygen atoms in total. The largest absolute Gasteiger partial charge is 0.561 e. The van der Waals surface area contributed by atoms with E-state index in [1.807, 2.05) is 17.0 Å². The first-order valence-corrected chi connectivity index (χ1v) is 10.7. The molecule has 3 heterocycles. The van der Waals surface area contributed by atoms with Gasteiger partial charge in [-0.2, -0.15) is 0 Å². The summed E-state index contributed by atoms with van der Waals surface area (Å²) in [6.45, 7) is 2.61. The number of likely N-dealkylation sites (tertiary alicyclic amines) is 1. The Morgan fingerprint density at radius 2 is 2.06 bits per heavy atom. The Morgan fingerprint density at radius 1 is 1.25 bits per heavy atom. The van der Waals surface area contributed by atoms with Crippen molar-refractivity contribution in [3.63, 3.8) is 0 Å². The number of hydrogen-bond acceptors (Lipinski definition) is 6. The lowest BCUT2D eigenvalue weighted by Gasteiger charge is -2.38. The summed E-state index contributed by atoms with van der Waals surface area (Å²) in [4.78, 5) is 28.6. The van der Waals surface area contributed by atoms with E-state index in [1.165, 1.54) is 5.56 Å². The van der Waals surface area contributed by atoms with Crippen LogP contribution >= 0.6 is 0 Å².